The smallest absolute Gasteiger partial charge is 0.248 e. The van der Waals surface area contributed by atoms with E-state index in [0.717, 1.165) is 50.0 Å². The van der Waals surface area contributed by atoms with Gasteiger partial charge in [0.05, 0.1) is 0 Å². The van der Waals surface area contributed by atoms with Crippen molar-refractivity contribution in [3.63, 3.8) is 0 Å². The monoisotopic (exact) mass is 238 g/mol. The molecule has 1 amide bonds. The number of hydrogen-bond donors (Lipinski definition) is 2. The Balaban J connectivity index is 2.70. The molecule has 2 N–H and O–H groups in total. The molecule has 0 unspecified atom stereocenters. The molecule has 0 radical (unpaired) electrons. The molecule has 0 aromatic rings. The normalized spacial score (nSPS) is 18.4. The summed E-state index contributed by atoms with van der Waals surface area (Å²) in [7, 11) is 0. The minimum Gasteiger partial charge on any atom is -0.388 e. The van der Waals surface area contributed by atoms with Crippen LogP contribution in [0.1, 0.15) is 53.4 Å². The Morgan fingerprint density at radius 1 is 1.18 bits per heavy atom. The Hall–Kier alpha value is -0.990. The lowest BCUT2D eigenvalue weighted by molar-refractivity contribution is -0.117. The van der Waals surface area contributed by atoms with Gasteiger partial charge < -0.3 is 10.6 Å². The molecule has 0 aromatic heterocycles. The van der Waals surface area contributed by atoms with E-state index in [1.54, 1.807) is 0 Å². The van der Waals surface area contributed by atoms with Crippen molar-refractivity contribution < 1.29 is 4.79 Å². The van der Waals surface area contributed by atoms with Crippen molar-refractivity contribution in [2.75, 3.05) is 13.1 Å². The highest BCUT2D eigenvalue weighted by Gasteiger charge is 2.33. The number of nitrogens with one attached hydrogen (secondary N) is 2. The SMILES string of the molecule is CCCNC(=O)C1=C(NCCC)CC(C)(C)C1. The van der Waals surface area contributed by atoms with Crippen molar-refractivity contribution in [2.24, 2.45) is 5.41 Å². The maximum absolute atomic E-state index is 12.1. The largest absolute Gasteiger partial charge is 0.388 e. The van der Waals surface area contributed by atoms with Gasteiger partial charge in [0.15, 0.2) is 0 Å². The van der Waals surface area contributed by atoms with Gasteiger partial charge in [-0.2, -0.15) is 0 Å². The molecule has 0 aromatic carbocycles. The molecule has 0 saturated heterocycles. The van der Waals surface area contributed by atoms with Crippen molar-refractivity contribution in [3.05, 3.63) is 11.3 Å². The summed E-state index contributed by atoms with van der Waals surface area (Å²) < 4.78 is 0. The highest BCUT2D eigenvalue weighted by atomic mass is 16.1. The van der Waals surface area contributed by atoms with E-state index >= 15 is 0 Å². The van der Waals surface area contributed by atoms with Crippen LogP contribution < -0.4 is 10.6 Å². The van der Waals surface area contributed by atoms with Crippen molar-refractivity contribution in [3.8, 4) is 0 Å². The standard InChI is InChI=1S/C14H26N2O/c1-5-7-15-12-10-14(3,4)9-11(12)13(17)16-8-6-2/h15H,5-10H2,1-4H3,(H,16,17). The van der Waals surface area contributed by atoms with Crippen molar-refractivity contribution in [2.45, 2.75) is 53.4 Å². The quantitative estimate of drug-likeness (QED) is 0.747. The van der Waals surface area contributed by atoms with Crippen molar-refractivity contribution >= 4 is 5.91 Å². The van der Waals surface area contributed by atoms with Crippen LogP contribution in [0.3, 0.4) is 0 Å². The highest BCUT2D eigenvalue weighted by Crippen LogP contribution is 2.40. The summed E-state index contributed by atoms with van der Waals surface area (Å²) in [5.74, 6) is 0.121. The van der Waals surface area contributed by atoms with Gasteiger partial charge in [-0.15, -0.1) is 0 Å². The zero-order chi connectivity index (χ0) is 12.9. The van der Waals surface area contributed by atoms with Crippen LogP contribution in [0.5, 0.6) is 0 Å². The fourth-order valence-corrected chi connectivity index (χ4v) is 2.24. The zero-order valence-electron chi connectivity index (χ0n) is 11.7. The van der Waals surface area contributed by atoms with Gasteiger partial charge in [-0.1, -0.05) is 27.7 Å². The van der Waals surface area contributed by atoms with E-state index in [1.165, 1.54) is 0 Å². The molecule has 3 heteroatoms. The van der Waals surface area contributed by atoms with E-state index in [1.807, 2.05) is 0 Å². The lowest BCUT2D eigenvalue weighted by Crippen LogP contribution is -2.27. The summed E-state index contributed by atoms with van der Waals surface area (Å²) in [5, 5.41) is 6.39. The van der Waals surface area contributed by atoms with Gasteiger partial charge in [0.1, 0.15) is 0 Å². The number of rotatable bonds is 6. The minimum atomic E-state index is 0.121. The molecule has 1 aliphatic carbocycles. The first kappa shape index (κ1) is 14.1. The molecule has 0 bridgehead atoms. The Morgan fingerprint density at radius 3 is 2.41 bits per heavy atom. The maximum atomic E-state index is 12.1. The number of hydrogen-bond acceptors (Lipinski definition) is 2. The molecule has 0 spiro atoms. The predicted molar refractivity (Wildman–Crippen MR) is 71.6 cm³/mol. The fourth-order valence-electron chi connectivity index (χ4n) is 2.24. The van der Waals surface area contributed by atoms with Crippen LogP contribution in [-0.2, 0) is 4.79 Å². The van der Waals surface area contributed by atoms with Crippen molar-refractivity contribution in [1.29, 1.82) is 0 Å². The second kappa shape index (κ2) is 6.08. The van der Waals surface area contributed by atoms with Crippen LogP contribution in [0.4, 0.5) is 0 Å². The molecule has 0 saturated carbocycles. The number of carbonyl (C=O) groups is 1. The molecule has 0 fully saturated rings. The lowest BCUT2D eigenvalue weighted by Gasteiger charge is -2.17. The molecular weight excluding hydrogens is 212 g/mol. The Kier molecular flexibility index (Phi) is 5.03. The summed E-state index contributed by atoms with van der Waals surface area (Å²) in [5.41, 5.74) is 2.34. The first-order chi connectivity index (χ1) is 8.00. The zero-order valence-corrected chi connectivity index (χ0v) is 11.7. The first-order valence-electron chi connectivity index (χ1n) is 6.74. The van der Waals surface area contributed by atoms with Crippen LogP contribution in [0.25, 0.3) is 0 Å². The first-order valence-corrected chi connectivity index (χ1v) is 6.74. The number of allylic oxidation sites excluding steroid dienone is 1. The van der Waals surface area contributed by atoms with Gasteiger partial charge in [-0.25, -0.2) is 0 Å². The van der Waals surface area contributed by atoms with Gasteiger partial charge in [0.2, 0.25) is 5.91 Å². The van der Waals surface area contributed by atoms with Gasteiger partial charge in [-0.3, -0.25) is 4.79 Å². The van der Waals surface area contributed by atoms with E-state index < -0.39 is 0 Å². The Bertz CT molecular complexity index is 305. The second-order valence-corrected chi connectivity index (χ2v) is 5.66. The Labute approximate surface area is 105 Å². The summed E-state index contributed by atoms with van der Waals surface area (Å²) in [6, 6.07) is 0. The third-order valence-corrected chi connectivity index (χ3v) is 3.07. The molecule has 0 heterocycles. The van der Waals surface area contributed by atoms with E-state index in [9.17, 15) is 4.79 Å². The average molecular weight is 238 g/mol. The molecule has 17 heavy (non-hydrogen) atoms. The van der Waals surface area contributed by atoms with E-state index in [2.05, 4.69) is 38.3 Å². The molecule has 1 aliphatic rings. The third-order valence-electron chi connectivity index (χ3n) is 3.07. The topological polar surface area (TPSA) is 41.1 Å². The van der Waals surface area contributed by atoms with Crippen LogP contribution in [0, 0.1) is 5.41 Å². The van der Waals surface area contributed by atoms with E-state index in [0.29, 0.717) is 0 Å². The summed E-state index contributed by atoms with van der Waals surface area (Å²) in [4.78, 5) is 12.1. The summed E-state index contributed by atoms with van der Waals surface area (Å²) >= 11 is 0. The van der Waals surface area contributed by atoms with Gasteiger partial charge >= 0.3 is 0 Å². The predicted octanol–water partition coefficient (Wildman–Crippen LogP) is 2.59. The molecule has 98 valence electrons. The molecule has 0 atom stereocenters. The van der Waals surface area contributed by atoms with Crippen LogP contribution >= 0.6 is 0 Å². The van der Waals surface area contributed by atoms with Crippen LogP contribution in [0.15, 0.2) is 11.3 Å². The van der Waals surface area contributed by atoms with Crippen molar-refractivity contribution in [1.82, 2.24) is 10.6 Å². The number of carbonyl (C=O) groups excluding carboxylic acids is 1. The maximum Gasteiger partial charge on any atom is 0.248 e. The van der Waals surface area contributed by atoms with Crippen LogP contribution in [-0.4, -0.2) is 19.0 Å². The molecule has 0 aliphatic heterocycles. The average Bonchev–Trinajstić information content (AvgIpc) is 2.58. The third kappa shape index (κ3) is 4.06. The van der Waals surface area contributed by atoms with Gasteiger partial charge in [0.25, 0.3) is 0 Å². The lowest BCUT2D eigenvalue weighted by atomic mass is 9.89. The Morgan fingerprint density at radius 2 is 1.82 bits per heavy atom. The minimum absolute atomic E-state index is 0.121. The van der Waals surface area contributed by atoms with Gasteiger partial charge in [-0.05, 0) is 31.1 Å². The van der Waals surface area contributed by atoms with E-state index in [-0.39, 0.29) is 11.3 Å². The molecule has 1 rings (SSSR count). The highest BCUT2D eigenvalue weighted by molar-refractivity contribution is 5.94. The van der Waals surface area contributed by atoms with E-state index in [4.69, 9.17) is 0 Å². The molecule has 3 nitrogen and oxygen atoms in total. The summed E-state index contributed by atoms with van der Waals surface area (Å²) in [6.07, 6.45) is 3.95. The van der Waals surface area contributed by atoms with Gasteiger partial charge in [0, 0.05) is 24.4 Å². The summed E-state index contributed by atoms with van der Waals surface area (Å²) in [6.45, 7) is 10.4. The fraction of sp³-hybridized carbons (Fsp3) is 0.786. The van der Waals surface area contributed by atoms with Crippen LogP contribution in [0.2, 0.25) is 0 Å². The number of amides is 1. The molecular formula is C14H26N2O. The second-order valence-electron chi connectivity index (χ2n) is 5.66.